The van der Waals surface area contributed by atoms with Gasteiger partial charge in [-0.25, -0.2) is 4.98 Å². The summed E-state index contributed by atoms with van der Waals surface area (Å²) in [5.41, 5.74) is 3.16. The summed E-state index contributed by atoms with van der Waals surface area (Å²) in [5.74, 6) is 0.710. The Kier molecular flexibility index (Phi) is 6.50. The molecule has 0 saturated carbocycles. The predicted molar refractivity (Wildman–Crippen MR) is 153 cm³/mol. The fourth-order valence-electron chi connectivity index (χ4n) is 6.40. The lowest BCUT2D eigenvalue weighted by Gasteiger charge is -2.35. The number of ether oxygens (including phenoxy) is 2. The van der Waals surface area contributed by atoms with E-state index >= 15 is 0 Å². The van der Waals surface area contributed by atoms with Gasteiger partial charge in [-0.2, -0.15) is 0 Å². The molecular formula is C29H33N5O4S. The van der Waals surface area contributed by atoms with Gasteiger partial charge in [-0.1, -0.05) is 30.1 Å². The minimum atomic E-state index is -0.264. The van der Waals surface area contributed by atoms with Gasteiger partial charge in [0.1, 0.15) is 23.1 Å². The highest BCUT2D eigenvalue weighted by Crippen LogP contribution is 2.33. The van der Waals surface area contributed by atoms with Crippen LogP contribution >= 0.6 is 11.5 Å². The third kappa shape index (κ3) is 4.59. The lowest BCUT2D eigenvalue weighted by molar-refractivity contribution is 0.0600. The summed E-state index contributed by atoms with van der Waals surface area (Å²) in [6, 6.07) is 10.1. The molecule has 2 aromatic carbocycles. The van der Waals surface area contributed by atoms with Crippen molar-refractivity contribution >= 4 is 32.7 Å². The van der Waals surface area contributed by atoms with Crippen molar-refractivity contribution in [2.24, 2.45) is 0 Å². The molecular weight excluding hydrogens is 514 g/mol. The molecule has 204 valence electrons. The number of nitrogens with one attached hydrogen (secondary N) is 1. The number of H-pyrrole nitrogens is 1. The van der Waals surface area contributed by atoms with Crippen LogP contribution in [0.4, 0.5) is 0 Å². The van der Waals surface area contributed by atoms with Gasteiger partial charge < -0.3 is 14.5 Å². The Labute approximate surface area is 230 Å². The van der Waals surface area contributed by atoms with Gasteiger partial charge in [-0.3, -0.25) is 23.3 Å². The number of fused-ring (bicyclic) bond motifs is 5. The van der Waals surface area contributed by atoms with Crippen LogP contribution in [0.5, 0.6) is 5.75 Å². The maximum Gasteiger partial charge on any atom is 0.275 e. The predicted octanol–water partition coefficient (Wildman–Crippen LogP) is 3.43. The first-order valence-corrected chi connectivity index (χ1v) is 14.7. The van der Waals surface area contributed by atoms with Gasteiger partial charge in [0.25, 0.3) is 11.1 Å². The van der Waals surface area contributed by atoms with Crippen molar-refractivity contribution in [2.75, 3.05) is 39.9 Å². The number of rotatable bonds is 4. The minimum absolute atomic E-state index is 0.00856. The molecule has 6 bridgehead atoms. The molecule has 2 aromatic heterocycles. The smallest absolute Gasteiger partial charge is 0.275 e. The second-order valence-corrected chi connectivity index (χ2v) is 12.0. The van der Waals surface area contributed by atoms with Crippen molar-refractivity contribution in [3.05, 3.63) is 56.6 Å². The number of hydrogen-bond acceptors (Lipinski definition) is 8. The molecule has 2 saturated heterocycles. The molecule has 0 spiro atoms. The number of hydrogen-bond donors (Lipinski definition) is 1. The third-order valence-electron chi connectivity index (χ3n) is 8.39. The molecule has 0 radical (unpaired) electrons. The van der Waals surface area contributed by atoms with Crippen LogP contribution in [0.25, 0.3) is 32.4 Å². The number of aromatic nitrogens is 3. The first-order chi connectivity index (χ1) is 19.1. The van der Waals surface area contributed by atoms with E-state index in [1.807, 2.05) is 24.3 Å². The van der Waals surface area contributed by atoms with E-state index in [-0.39, 0.29) is 17.2 Å². The largest absolute Gasteiger partial charge is 0.487 e. The van der Waals surface area contributed by atoms with E-state index in [2.05, 4.69) is 20.9 Å². The fourth-order valence-corrected chi connectivity index (χ4v) is 7.49. The second-order valence-electron chi connectivity index (χ2n) is 11.0. The lowest BCUT2D eigenvalue weighted by Crippen LogP contribution is -2.41. The van der Waals surface area contributed by atoms with Gasteiger partial charge in [0, 0.05) is 51.4 Å². The monoisotopic (exact) mass is 547 g/mol. The van der Waals surface area contributed by atoms with E-state index in [4.69, 9.17) is 14.5 Å². The van der Waals surface area contributed by atoms with Crippen molar-refractivity contribution in [1.29, 1.82) is 0 Å². The number of benzene rings is 2. The van der Waals surface area contributed by atoms with E-state index in [0.717, 1.165) is 62.4 Å². The van der Waals surface area contributed by atoms with Crippen LogP contribution in [0.15, 0.2) is 39.9 Å². The average molecular weight is 548 g/mol. The zero-order valence-corrected chi connectivity index (χ0v) is 23.0. The van der Waals surface area contributed by atoms with Crippen LogP contribution < -0.4 is 15.9 Å². The second kappa shape index (κ2) is 10.2. The third-order valence-corrected chi connectivity index (χ3v) is 9.58. The first-order valence-electron chi connectivity index (χ1n) is 13.9. The molecule has 0 amide bonds. The SMILES string of the molecule is COC[C@H]1CCCCN1Cc1cc2c3nc(c(=O)[nH]c3c1)-c1cccc3c(=O)n(sc13)CCN1CC[C@@H](C1)O2. The van der Waals surface area contributed by atoms with E-state index in [1.165, 1.54) is 24.4 Å². The Morgan fingerprint density at radius 3 is 2.95 bits per heavy atom. The maximum atomic E-state index is 13.5. The van der Waals surface area contributed by atoms with Gasteiger partial charge in [-0.05, 0) is 49.6 Å². The van der Waals surface area contributed by atoms with Gasteiger partial charge in [0.05, 0.1) is 22.2 Å². The summed E-state index contributed by atoms with van der Waals surface area (Å²) in [5, 5.41) is 0.631. The van der Waals surface area contributed by atoms with E-state index < -0.39 is 0 Å². The molecule has 5 heterocycles. The Morgan fingerprint density at radius 2 is 2.05 bits per heavy atom. The van der Waals surface area contributed by atoms with Crippen LogP contribution in [-0.4, -0.2) is 75.8 Å². The van der Waals surface area contributed by atoms with E-state index in [1.54, 1.807) is 11.1 Å². The van der Waals surface area contributed by atoms with Crippen LogP contribution in [0, 0.1) is 0 Å². The molecule has 3 aliphatic heterocycles. The lowest BCUT2D eigenvalue weighted by atomic mass is 10.0. The fraction of sp³-hybridized carbons (Fsp3) is 0.483. The summed E-state index contributed by atoms with van der Waals surface area (Å²) in [7, 11) is 1.76. The number of piperidine rings is 1. The molecule has 4 aromatic rings. The van der Waals surface area contributed by atoms with Crippen molar-refractivity contribution in [3.8, 4) is 17.0 Å². The van der Waals surface area contributed by atoms with Gasteiger partial charge in [0.2, 0.25) is 0 Å². The molecule has 10 heteroatoms. The van der Waals surface area contributed by atoms with Crippen LogP contribution in [0.2, 0.25) is 0 Å². The highest BCUT2D eigenvalue weighted by molar-refractivity contribution is 7.14. The zero-order valence-electron chi connectivity index (χ0n) is 22.1. The number of nitrogens with zero attached hydrogens (tertiary/aromatic N) is 4. The molecule has 39 heavy (non-hydrogen) atoms. The van der Waals surface area contributed by atoms with Gasteiger partial charge in [0.15, 0.2) is 0 Å². The van der Waals surface area contributed by atoms with Crippen molar-refractivity contribution < 1.29 is 9.47 Å². The molecule has 2 fully saturated rings. The Morgan fingerprint density at radius 1 is 1.13 bits per heavy atom. The Hall–Kier alpha value is -3.05. The van der Waals surface area contributed by atoms with Gasteiger partial charge >= 0.3 is 0 Å². The Bertz CT molecular complexity index is 1660. The van der Waals surface area contributed by atoms with Crippen molar-refractivity contribution in [2.45, 2.75) is 50.9 Å². The summed E-state index contributed by atoms with van der Waals surface area (Å²) in [6.07, 6.45) is 4.46. The van der Waals surface area contributed by atoms with Crippen molar-refractivity contribution in [3.63, 3.8) is 0 Å². The molecule has 1 N–H and O–H groups in total. The topological polar surface area (TPSA) is 92.7 Å². The summed E-state index contributed by atoms with van der Waals surface area (Å²) in [4.78, 5) is 39.5. The Balaban J connectivity index is 1.38. The number of aromatic amines is 1. The number of methoxy groups -OCH3 is 1. The average Bonchev–Trinajstić information content (AvgIpc) is 3.51. The molecule has 1 unspecified atom stereocenters. The molecule has 3 aliphatic rings. The summed E-state index contributed by atoms with van der Waals surface area (Å²) >= 11 is 1.42. The highest BCUT2D eigenvalue weighted by Gasteiger charge is 2.28. The quantitative estimate of drug-likeness (QED) is 0.419. The van der Waals surface area contributed by atoms with Crippen LogP contribution in [-0.2, 0) is 17.8 Å². The molecule has 0 aliphatic carbocycles. The molecule has 7 rings (SSSR count). The summed E-state index contributed by atoms with van der Waals surface area (Å²) < 4.78 is 14.8. The first kappa shape index (κ1) is 25.0. The zero-order chi connectivity index (χ0) is 26.5. The standard InChI is InChI=1S/C29H33N5O4S/c1-37-17-19-5-2-3-9-33(19)15-18-13-23-26-24(14-18)38-20-8-10-32(16-20)11-12-34-29(36)22-7-4-6-21(27(22)39-34)25(31-26)28(35)30-23/h4,6-7,13-14,19-20H,2-3,5,8-12,15-17H2,1H3,(H,30,35)/t19-,20+/m1/s1. The van der Waals surface area contributed by atoms with E-state index in [0.29, 0.717) is 46.0 Å². The minimum Gasteiger partial charge on any atom is -0.487 e. The normalized spacial score (nSPS) is 23.5. The maximum absolute atomic E-state index is 13.5. The molecule has 3 atom stereocenters. The van der Waals surface area contributed by atoms with E-state index in [9.17, 15) is 9.59 Å². The highest BCUT2D eigenvalue weighted by atomic mass is 32.1. The number of likely N-dealkylation sites (tertiary alicyclic amines) is 1. The molecule has 9 nitrogen and oxygen atoms in total. The van der Waals surface area contributed by atoms with Crippen LogP contribution in [0.1, 0.15) is 31.2 Å². The van der Waals surface area contributed by atoms with Crippen LogP contribution in [0.3, 0.4) is 0 Å². The van der Waals surface area contributed by atoms with Crippen molar-refractivity contribution in [1.82, 2.24) is 23.7 Å². The van der Waals surface area contributed by atoms with Gasteiger partial charge in [-0.15, -0.1) is 0 Å². The summed E-state index contributed by atoms with van der Waals surface area (Å²) in [6.45, 7) is 5.64.